The van der Waals surface area contributed by atoms with Crippen molar-refractivity contribution in [1.29, 1.82) is 0 Å². The van der Waals surface area contributed by atoms with Gasteiger partial charge < -0.3 is 15.0 Å². The van der Waals surface area contributed by atoms with Crippen molar-refractivity contribution in [2.24, 2.45) is 0 Å². The summed E-state index contributed by atoms with van der Waals surface area (Å²) in [6, 6.07) is 18.6. The van der Waals surface area contributed by atoms with Gasteiger partial charge in [-0.1, -0.05) is 48.5 Å². The van der Waals surface area contributed by atoms with E-state index >= 15 is 0 Å². The lowest BCUT2D eigenvalue weighted by atomic mass is 10.0. The maximum absolute atomic E-state index is 11.7. The molecule has 0 unspecified atom stereocenters. The Labute approximate surface area is 148 Å². The predicted octanol–water partition coefficient (Wildman–Crippen LogP) is 3.61. The highest BCUT2D eigenvalue weighted by Crippen LogP contribution is 2.24. The third kappa shape index (κ3) is 4.48. The fraction of sp³-hybridized carbons (Fsp3) is 0.286. The van der Waals surface area contributed by atoms with E-state index in [9.17, 15) is 4.79 Å². The van der Waals surface area contributed by atoms with Gasteiger partial charge in [0.15, 0.2) is 0 Å². The van der Waals surface area contributed by atoms with Crippen LogP contribution in [0.25, 0.3) is 10.9 Å². The number of esters is 1. The lowest BCUT2D eigenvalue weighted by Gasteiger charge is -2.07. The molecule has 3 aromatic rings. The molecule has 0 amide bonds. The summed E-state index contributed by atoms with van der Waals surface area (Å²) in [5.41, 5.74) is 4.56. The molecule has 0 fully saturated rings. The van der Waals surface area contributed by atoms with Crippen molar-refractivity contribution < 1.29 is 9.53 Å². The van der Waals surface area contributed by atoms with E-state index in [1.54, 1.807) is 0 Å². The van der Waals surface area contributed by atoms with E-state index in [4.69, 9.17) is 4.74 Å². The quantitative estimate of drug-likeness (QED) is 0.488. The summed E-state index contributed by atoms with van der Waals surface area (Å²) in [5.74, 6) is -0.213. The van der Waals surface area contributed by atoms with Gasteiger partial charge in [0.2, 0.25) is 0 Å². The molecule has 130 valence electrons. The van der Waals surface area contributed by atoms with Crippen molar-refractivity contribution >= 4 is 16.9 Å². The van der Waals surface area contributed by atoms with E-state index in [2.05, 4.69) is 40.6 Å². The molecule has 0 saturated carbocycles. The first-order valence-corrected chi connectivity index (χ1v) is 8.68. The monoisotopic (exact) mass is 336 g/mol. The van der Waals surface area contributed by atoms with Gasteiger partial charge in [-0.15, -0.1) is 0 Å². The molecule has 0 bridgehead atoms. The van der Waals surface area contributed by atoms with Crippen molar-refractivity contribution in [3.05, 3.63) is 71.4 Å². The van der Waals surface area contributed by atoms with Crippen LogP contribution in [0.4, 0.5) is 0 Å². The molecule has 0 radical (unpaired) electrons. The van der Waals surface area contributed by atoms with Crippen molar-refractivity contribution in [2.75, 3.05) is 13.7 Å². The van der Waals surface area contributed by atoms with Gasteiger partial charge in [-0.3, -0.25) is 4.79 Å². The molecule has 1 aromatic heterocycles. The molecule has 0 aliphatic rings. The molecular weight excluding hydrogens is 312 g/mol. The zero-order valence-electron chi connectivity index (χ0n) is 14.5. The average Bonchev–Trinajstić information content (AvgIpc) is 2.99. The lowest BCUT2D eigenvalue weighted by molar-refractivity contribution is -0.139. The van der Waals surface area contributed by atoms with Crippen molar-refractivity contribution in [1.82, 2.24) is 10.3 Å². The van der Waals surface area contributed by atoms with Crippen molar-refractivity contribution in [3.63, 3.8) is 0 Å². The Morgan fingerprint density at radius 2 is 1.84 bits per heavy atom. The van der Waals surface area contributed by atoms with E-state index in [0.717, 1.165) is 37.1 Å². The molecule has 0 aliphatic carbocycles. The smallest absolute Gasteiger partial charge is 0.311 e. The Morgan fingerprint density at radius 3 is 2.64 bits per heavy atom. The lowest BCUT2D eigenvalue weighted by Crippen LogP contribution is -2.15. The number of carbonyl (C=O) groups excluding carboxylic acids is 1. The first-order valence-electron chi connectivity index (χ1n) is 8.68. The summed E-state index contributed by atoms with van der Waals surface area (Å²) in [4.78, 5) is 15.1. The topological polar surface area (TPSA) is 54.1 Å². The Balaban J connectivity index is 1.61. The highest BCUT2D eigenvalue weighted by atomic mass is 16.5. The van der Waals surface area contributed by atoms with Gasteiger partial charge in [-0.25, -0.2) is 0 Å². The highest BCUT2D eigenvalue weighted by molar-refractivity contribution is 5.86. The second-order valence-corrected chi connectivity index (χ2v) is 6.15. The van der Waals surface area contributed by atoms with Crippen LogP contribution in [0.2, 0.25) is 0 Å². The van der Waals surface area contributed by atoms with Gasteiger partial charge in [0.1, 0.15) is 0 Å². The van der Waals surface area contributed by atoms with Crippen LogP contribution in [-0.4, -0.2) is 24.6 Å². The molecule has 3 rings (SSSR count). The fourth-order valence-electron chi connectivity index (χ4n) is 3.13. The number of aromatic amines is 1. The predicted molar refractivity (Wildman–Crippen MR) is 100 cm³/mol. The summed E-state index contributed by atoms with van der Waals surface area (Å²) in [5, 5.41) is 4.68. The average molecular weight is 336 g/mol. The molecule has 1 heterocycles. The first-order chi connectivity index (χ1) is 12.3. The Bertz CT molecular complexity index is 824. The number of carbonyl (C=O) groups is 1. The van der Waals surface area contributed by atoms with Crippen LogP contribution in [0.5, 0.6) is 0 Å². The second-order valence-electron chi connectivity index (χ2n) is 6.15. The van der Waals surface area contributed by atoms with Crippen LogP contribution in [0.1, 0.15) is 23.2 Å². The summed E-state index contributed by atoms with van der Waals surface area (Å²) < 4.78 is 4.83. The van der Waals surface area contributed by atoms with Crippen LogP contribution in [-0.2, 0) is 28.9 Å². The fourth-order valence-corrected chi connectivity index (χ4v) is 3.13. The van der Waals surface area contributed by atoms with E-state index in [1.165, 1.54) is 23.6 Å². The standard InChI is InChI=1S/C21H24N2O2/c1-25-21(24)14-20-18(17-10-5-6-12-19(17)23-20)11-7-13-22-15-16-8-3-2-4-9-16/h2-6,8-10,12,22-23H,7,11,13-15H2,1H3. The highest BCUT2D eigenvalue weighted by Gasteiger charge is 2.14. The van der Waals surface area contributed by atoms with Gasteiger partial charge in [-0.2, -0.15) is 0 Å². The molecule has 0 spiro atoms. The maximum Gasteiger partial charge on any atom is 0.311 e. The van der Waals surface area contributed by atoms with Crippen LogP contribution in [0, 0.1) is 0 Å². The third-order valence-corrected chi connectivity index (χ3v) is 4.40. The molecule has 0 saturated heterocycles. The molecule has 2 N–H and O–H groups in total. The molecule has 4 heteroatoms. The summed E-state index contributed by atoms with van der Waals surface area (Å²) in [6.45, 7) is 1.82. The summed E-state index contributed by atoms with van der Waals surface area (Å²) in [7, 11) is 1.43. The number of H-pyrrole nitrogens is 1. The number of hydrogen-bond donors (Lipinski definition) is 2. The van der Waals surface area contributed by atoms with Crippen molar-refractivity contribution in [2.45, 2.75) is 25.8 Å². The van der Waals surface area contributed by atoms with Gasteiger partial charge in [-0.05, 0) is 36.6 Å². The number of methoxy groups -OCH3 is 1. The first kappa shape index (κ1) is 17.2. The van der Waals surface area contributed by atoms with Gasteiger partial charge in [0, 0.05) is 23.1 Å². The van der Waals surface area contributed by atoms with E-state index in [0.29, 0.717) is 0 Å². The molecule has 25 heavy (non-hydrogen) atoms. The van der Waals surface area contributed by atoms with Gasteiger partial charge in [0.05, 0.1) is 13.5 Å². The molecule has 4 nitrogen and oxygen atoms in total. The normalized spacial score (nSPS) is 10.9. The minimum atomic E-state index is -0.213. The number of hydrogen-bond acceptors (Lipinski definition) is 3. The number of ether oxygens (including phenoxy) is 1. The maximum atomic E-state index is 11.7. The second kappa shape index (κ2) is 8.49. The Kier molecular flexibility index (Phi) is 5.86. The third-order valence-electron chi connectivity index (χ3n) is 4.40. The molecule has 0 atom stereocenters. The minimum absolute atomic E-state index is 0.213. The SMILES string of the molecule is COC(=O)Cc1[nH]c2ccccc2c1CCCNCc1ccccc1. The molecule has 2 aromatic carbocycles. The summed E-state index contributed by atoms with van der Waals surface area (Å²) in [6.07, 6.45) is 2.24. The largest absolute Gasteiger partial charge is 0.469 e. The minimum Gasteiger partial charge on any atom is -0.469 e. The number of benzene rings is 2. The Morgan fingerprint density at radius 1 is 1.08 bits per heavy atom. The van der Waals surface area contributed by atoms with E-state index in [-0.39, 0.29) is 12.4 Å². The molecule has 0 aliphatic heterocycles. The Hall–Kier alpha value is -2.59. The number of aromatic nitrogens is 1. The van der Waals surface area contributed by atoms with Gasteiger partial charge in [0.25, 0.3) is 0 Å². The van der Waals surface area contributed by atoms with Crippen LogP contribution in [0.15, 0.2) is 54.6 Å². The van der Waals surface area contributed by atoms with Crippen molar-refractivity contribution in [3.8, 4) is 0 Å². The van der Waals surface area contributed by atoms with Crippen LogP contribution >= 0.6 is 0 Å². The number of para-hydroxylation sites is 1. The number of fused-ring (bicyclic) bond motifs is 1. The van der Waals surface area contributed by atoms with Gasteiger partial charge >= 0.3 is 5.97 Å². The number of aryl methyl sites for hydroxylation is 1. The number of rotatable bonds is 8. The zero-order chi connectivity index (χ0) is 17.5. The zero-order valence-corrected chi connectivity index (χ0v) is 14.5. The molecular formula is C21H24N2O2. The summed E-state index contributed by atoms with van der Waals surface area (Å²) >= 11 is 0. The van der Waals surface area contributed by atoms with Crippen LogP contribution < -0.4 is 5.32 Å². The van der Waals surface area contributed by atoms with Crippen LogP contribution in [0.3, 0.4) is 0 Å². The van der Waals surface area contributed by atoms with E-state index in [1.807, 2.05) is 24.3 Å². The number of nitrogens with one attached hydrogen (secondary N) is 2. The van der Waals surface area contributed by atoms with E-state index < -0.39 is 0 Å².